The lowest BCUT2D eigenvalue weighted by atomic mass is 10.0. The van der Waals surface area contributed by atoms with E-state index in [2.05, 4.69) is 0 Å². The summed E-state index contributed by atoms with van der Waals surface area (Å²) in [6.07, 6.45) is 0.650. The zero-order valence-electron chi connectivity index (χ0n) is 10.1. The number of hydrogen-bond acceptors (Lipinski definition) is 3. The Morgan fingerprint density at radius 1 is 1.44 bits per heavy atom. The standard InChI is InChI=1S/C13H15FN2O2/c1-8-2-3-10(14)6-9(8)7-16-12(17)5-4-11(15)13(16)18/h2-3,6,11H,4-5,7,15H2,1H3. The molecule has 0 aliphatic carbocycles. The van der Waals surface area contributed by atoms with Crippen LogP contribution in [0.25, 0.3) is 0 Å². The molecule has 0 spiro atoms. The van der Waals surface area contributed by atoms with Crippen LogP contribution in [-0.2, 0) is 16.1 Å². The molecular weight excluding hydrogens is 235 g/mol. The molecule has 5 heteroatoms. The summed E-state index contributed by atoms with van der Waals surface area (Å²) in [5.74, 6) is -1.00. The number of rotatable bonds is 2. The van der Waals surface area contributed by atoms with Crippen LogP contribution >= 0.6 is 0 Å². The number of piperidine rings is 1. The second-order valence-electron chi connectivity index (χ2n) is 4.53. The van der Waals surface area contributed by atoms with Crippen molar-refractivity contribution in [3.63, 3.8) is 0 Å². The third-order valence-electron chi connectivity index (χ3n) is 3.19. The lowest BCUT2D eigenvalue weighted by Gasteiger charge is -2.29. The van der Waals surface area contributed by atoms with Crippen molar-refractivity contribution in [1.29, 1.82) is 0 Å². The predicted octanol–water partition coefficient (Wildman–Crippen LogP) is 1.11. The van der Waals surface area contributed by atoms with Crippen molar-refractivity contribution >= 4 is 11.8 Å². The van der Waals surface area contributed by atoms with Gasteiger partial charge in [0.25, 0.3) is 0 Å². The first-order chi connectivity index (χ1) is 8.49. The van der Waals surface area contributed by atoms with Crippen LogP contribution in [0.4, 0.5) is 4.39 Å². The zero-order valence-corrected chi connectivity index (χ0v) is 10.1. The summed E-state index contributed by atoms with van der Waals surface area (Å²) in [4.78, 5) is 24.7. The van der Waals surface area contributed by atoms with E-state index in [1.54, 1.807) is 6.07 Å². The Morgan fingerprint density at radius 3 is 2.89 bits per heavy atom. The molecule has 1 aromatic rings. The predicted molar refractivity (Wildman–Crippen MR) is 63.9 cm³/mol. The van der Waals surface area contributed by atoms with Crippen molar-refractivity contribution in [2.75, 3.05) is 0 Å². The topological polar surface area (TPSA) is 63.4 Å². The maximum absolute atomic E-state index is 13.2. The average Bonchev–Trinajstić information content (AvgIpc) is 2.34. The van der Waals surface area contributed by atoms with Gasteiger partial charge in [-0.3, -0.25) is 14.5 Å². The lowest BCUT2D eigenvalue weighted by Crippen LogP contribution is -2.50. The molecule has 1 atom stereocenters. The fraction of sp³-hybridized carbons (Fsp3) is 0.385. The molecule has 0 bridgehead atoms. The second kappa shape index (κ2) is 4.86. The van der Waals surface area contributed by atoms with Crippen LogP contribution < -0.4 is 5.73 Å². The molecular formula is C13H15FN2O2. The number of benzene rings is 1. The highest BCUT2D eigenvalue weighted by molar-refractivity contribution is 6.00. The number of aryl methyl sites for hydroxylation is 1. The summed E-state index contributed by atoms with van der Waals surface area (Å²) in [5, 5.41) is 0. The number of likely N-dealkylation sites (tertiary alicyclic amines) is 1. The quantitative estimate of drug-likeness (QED) is 0.800. The van der Waals surface area contributed by atoms with Crippen molar-refractivity contribution in [3.05, 3.63) is 35.1 Å². The molecule has 2 amide bonds. The van der Waals surface area contributed by atoms with E-state index in [4.69, 9.17) is 5.73 Å². The first-order valence-electron chi connectivity index (χ1n) is 5.84. The lowest BCUT2D eigenvalue weighted by molar-refractivity contribution is -0.149. The Morgan fingerprint density at radius 2 is 2.17 bits per heavy atom. The highest BCUT2D eigenvalue weighted by Gasteiger charge is 2.32. The van der Waals surface area contributed by atoms with E-state index in [1.807, 2.05) is 6.92 Å². The molecule has 0 saturated carbocycles. The van der Waals surface area contributed by atoms with Gasteiger partial charge in [0.05, 0.1) is 12.6 Å². The minimum atomic E-state index is -0.628. The minimum Gasteiger partial charge on any atom is -0.320 e. The zero-order chi connectivity index (χ0) is 13.3. The molecule has 2 N–H and O–H groups in total. The molecule has 0 radical (unpaired) electrons. The van der Waals surface area contributed by atoms with Crippen molar-refractivity contribution in [1.82, 2.24) is 4.90 Å². The number of imide groups is 1. The number of carbonyl (C=O) groups is 2. The van der Waals surface area contributed by atoms with Gasteiger partial charge < -0.3 is 5.73 Å². The highest BCUT2D eigenvalue weighted by Crippen LogP contribution is 2.18. The van der Waals surface area contributed by atoms with E-state index in [9.17, 15) is 14.0 Å². The molecule has 1 heterocycles. The van der Waals surface area contributed by atoms with Crippen LogP contribution in [0.5, 0.6) is 0 Å². The van der Waals surface area contributed by atoms with Gasteiger partial charge in [-0.2, -0.15) is 0 Å². The van der Waals surface area contributed by atoms with Gasteiger partial charge in [0.15, 0.2) is 0 Å². The maximum atomic E-state index is 13.2. The Balaban J connectivity index is 2.24. The summed E-state index contributed by atoms with van der Waals surface area (Å²) in [6.45, 7) is 1.91. The maximum Gasteiger partial charge on any atom is 0.246 e. The van der Waals surface area contributed by atoms with Gasteiger partial charge in [-0.05, 0) is 36.6 Å². The highest BCUT2D eigenvalue weighted by atomic mass is 19.1. The Kier molecular flexibility index (Phi) is 3.43. The summed E-state index contributed by atoms with van der Waals surface area (Å²) in [5.41, 5.74) is 7.11. The van der Waals surface area contributed by atoms with Crippen molar-refractivity contribution < 1.29 is 14.0 Å². The Hall–Kier alpha value is -1.75. The monoisotopic (exact) mass is 250 g/mol. The third kappa shape index (κ3) is 2.41. The van der Waals surface area contributed by atoms with Gasteiger partial charge in [-0.25, -0.2) is 4.39 Å². The first-order valence-corrected chi connectivity index (χ1v) is 5.84. The van der Waals surface area contributed by atoms with Crippen molar-refractivity contribution in [2.24, 2.45) is 5.73 Å². The van der Waals surface area contributed by atoms with Crippen LogP contribution in [0.3, 0.4) is 0 Å². The average molecular weight is 250 g/mol. The smallest absolute Gasteiger partial charge is 0.246 e. The number of nitrogens with zero attached hydrogens (tertiary/aromatic N) is 1. The normalized spacial score (nSPS) is 20.4. The Bertz CT molecular complexity index is 502. The van der Waals surface area contributed by atoms with Crippen molar-refractivity contribution in [3.8, 4) is 0 Å². The molecule has 1 aliphatic heterocycles. The largest absolute Gasteiger partial charge is 0.320 e. The van der Waals surface area contributed by atoms with Crippen LogP contribution in [0.1, 0.15) is 24.0 Å². The van der Waals surface area contributed by atoms with Crippen molar-refractivity contribution in [2.45, 2.75) is 32.4 Å². The molecule has 18 heavy (non-hydrogen) atoms. The van der Waals surface area contributed by atoms with Gasteiger partial charge in [-0.15, -0.1) is 0 Å². The van der Waals surface area contributed by atoms with E-state index in [0.717, 1.165) is 10.5 Å². The molecule has 96 valence electrons. The van der Waals surface area contributed by atoms with Gasteiger partial charge in [0.2, 0.25) is 11.8 Å². The minimum absolute atomic E-state index is 0.0922. The molecule has 2 rings (SSSR count). The number of carbonyl (C=O) groups excluding carboxylic acids is 2. The molecule has 0 aromatic heterocycles. The van der Waals surface area contributed by atoms with Gasteiger partial charge in [-0.1, -0.05) is 6.07 Å². The van der Waals surface area contributed by atoms with E-state index < -0.39 is 6.04 Å². The number of halogens is 1. The summed E-state index contributed by atoms with van der Waals surface area (Å²) >= 11 is 0. The molecule has 1 unspecified atom stereocenters. The second-order valence-corrected chi connectivity index (χ2v) is 4.53. The van der Waals surface area contributed by atoms with Gasteiger partial charge in [0.1, 0.15) is 5.82 Å². The number of nitrogens with two attached hydrogens (primary N) is 1. The molecule has 1 aromatic carbocycles. The van der Waals surface area contributed by atoms with Crippen LogP contribution in [-0.4, -0.2) is 22.8 Å². The SMILES string of the molecule is Cc1ccc(F)cc1CN1C(=O)CCC(N)C1=O. The van der Waals surface area contributed by atoms with E-state index >= 15 is 0 Å². The molecule has 1 fully saturated rings. The van der Waals surface area contributed by atoms with Crippen LogP contribution in [0.2, 0.25) is 0 Å². The van der Waals surface area contributed by atoms with E-state index in [-0.39, 0.29) is 30.6 Å². The third-order valence-corrected chi connectivity index (χ3v) is 3.19. The van der Waals surface area contributed by atoms with Gasteiger partial charge in [0, 0.05) is 6.42 Å². The Labute approximate surface area is 105 Å². The summed E-state index contributed by atoms with van der Waals surface area (Å²) in [7, 11) is 0. The molecule has 1 aliphatic rings. The fourth-order valence-electron chi connectivity index (χ4n) is 2.01. The number of amides is 2. The summed E-state index contributed by atoms with van der Waals surface area (Å²) in [6, 6.07) is 3.70. The number of hydrogen-bond donors (Lipinski definition) is 1. The van der Waals surface area contributed by atoms with Crippen LogP contribution in [0, 0.1) is 12.7 Å². The van der Waals surface area contributed by atoms with E-state index in [0.29, 0.717) is 12.0 Å². The van der Waals surface area contributed by atoms with Gasteiger partial charge >= 0.3 is 0 Å². The van der Waals surface area contributed by atoms with Crippen LogP contribution in [0.15, 0.2) is 18.2 Å². The first kappa shape index (κ1) is 12.7. The molecule has 4 nitrogen and oxygen atoms in total. The fourth-order valence-corrected chi connectivity index (χ4v) is 2.01. The summed E-state index contributed by atoms with van der Waals surface area (Å²) < 4.78 is 13.2. The van der Waals surface area contributed by atoms with E-state index in [1.165, 1.54) is 12.1 Å². The molecule has 1 saturated heterocycles.